The molecule has 0 bridgehead atoms. The van der Waals surface area contributed by atoms with E-state index in [0.29, 0.717) is 17.3 Å². The van der Waals surface area contributed by atoms with Gasteiger partial charge in [0, 0.05) is 6.54 Å². The van der Waals surface area contributed by atoms with Gasteiger partial charge < -0.3 is 10.6 Å². The lowest BCUT2D eigenvalue weighted by Crippen LogP contribution is -2.49. The standard InChI is InChI=1S/C15H21ClN4O3/c1-4-17-15(23)19-14(22)10(2)20(3)9-13(21)18-12-8-6-5-7-11(12)16/h5-8,10H,4,9H2,1-3H3,(H,18,21)(H2,17,19,22,23). The average Bonchev–Trinajstić information content (AvgIpc) is 2.48. The van der Waals surface area contributed by atoms with Gasteiger partial charge in [-0.1, -0.05) is 23.7 Å². The zero-order valence-corrected chi connectivity index (χ0v) is 14.1. The van der Waals surface area contributed by atoms with Crippen LogP contribution >= 0.6 is 11.6 Å². The second-order valence-electron chi connectivity index (χ2n) is 4.97. The lowest BCUT2D eigenvalue weighted by atomic mass is 10.2. The van der Waals surface area contributed by atoms with Crippen molar-refractivity contribution in [2.24, 2.45) is 0 Å². The molecule has 0 saturated carbocycles. The molecular formula is C15H21ClN4O3. The van der Waals surface area contributed by atoms with Gasteiger partial charge >= 0.3 is 6.03 Å². The van der Waals surface area contributed by atoms with Crippen molar-refractivity contribution in [1.29, 1.82) is 0 Å². The van der Waals surface area contributed by atoms with Crippen LogP contribution in [0.15, 0.2) is 24.3 Å². The number of para-hydroxylation sites is 1. The summed E-state index contributed by atoms with van der Waals surface area (Å²) in [5, 5.41) is 7.78. The van der Waals surface area contributed by atoms with Gasteiger partial charge in [0.25, 0.3) is 0 Å². The lowest BCUT2D eigenvalue weighted by Gasteiger charge is -2.23. The zero-order chi connectivity index (χ0) is 17.4. The van der Waals surface area contributed by atoms with Crippen molar-refractivity contribution in [2.75, 3.05) is 25.5 Å². The van der Waals surface area contributed by atoms with E-state index in [1.807, 2.05) is 0 Å². The van der Waals surface area contributed by atoms with Gasteiger partial charge in [-0.15, -0.1) is 0 Å². The zero-order valence-electron chi connectivity index (χ0n) is 13.4. The monoisotopic (exact) mass is 340 g/mol. The molecule has 4 amide bonds. The van der Waals surface area contributed by atoms with E-state index >= 15 is 0 Å². The summed E-state index contributed by atoms with van der Waals surface area (Å²) in [5.74, 6) is -0.790. The van der Waals surface area contributed by atoms with Crippen LogP contribution in [-0.4, -0.2) is 48.9 Å². The lowest BCUT2D eigenvalue weighted by molar-refractivity contribution is -0.125. The van der Waals surface area contributed by atoms with E-state index in [0.717, 1.165) is 0 Å². The Hall–Kier alpha value is -2.12. The molecule has 8 heteroatoms. The Labute approximate surface area is 140 Å². The van der Waals surface area contributed by atoms with Gasteiger partial charge in [-0.05, 0) is 33.0 Å². The SMILES string of the molecule is CCNC(=O)NC(=O)C(C)N(C)CC(=O)Nc1ccccc1Cl. The molecule has 0 radical (unpaired) electrons. The molecule has 0 fully saturated rings. The van der Waals surface area contributed by atoms with Crippen molar-refractivity contribution in [3.05, 3.63) is 29.3 Å². The van der Waals surface area contributed by atoms with Crippen LogP contribution in [-0.2, 0) is 9.59 Å². The van der Waals surface area contributed by atoms with Crippen LogP contribution in [0.3, 0.4) is 0 Å². The van der Waals surface area contributed by atoms with Gasteiger partial charge in [0.2, 0.25) is 11.8 Å². The number of halogens is 1. The molecule has 0 aliphatic rings. The molecule has 23 heavy (non-hydrogen) atoms. The fourth-order valence-electron chi connectivity index (χ4n) is 1.74. The van der Waals surface area contributed by atoms with Gasteiger partial charge in [-0.2, -0.15) is 0 Å². The Bertz CT molecular complexity index is 580. The predicted molar refractivity (Wildman–Crippen MR) is 89.4 cm³/mol. The Morgan fingerprint density at radius 1 is 1.26 bits per heavy atom. The maximum absolute atomic E-state index is 12.0. The van der Waals surface area contributed by atoms with Crippen LogP contribution in [0.1, 0.15) is 13.8 Å². The summed E-state index contributed by atoms with van der Waals surface area (Å²) in [6, 6.07) is 5.67. The highest BCUT2D eigenvalue weighted by Gasteiger charge is 2.21. The number of anilines is 1. The average molecular weight is 341 g/mol. The molecule has 1 atom stereocenters. The smallest absolute Gasteiger partial charge is 0.321 e. The molecule has 0 spiro atoms. The topological polar surface area (TPSA) is 90.5 Å². The highest BCUT2D eigenvalue weighted by atomic mass is 35.5. The molecule has 1 aromatic carbocycles. The Balaban J connectivity index is 2.52. The fraction of sp³-hybridized carbons (Fsp3) is 0.400. The van der Waals surface area contributed by atoms with Crippen LogP contribution < -0.4 is 16.0 Å². The molecule has 0 heterocycles. The number of carbonyl (C=O) groups excluding carboxylic acids is 3. The third kappa shape index (κ3) is 6.25. The molecule has 7 nitrogen and oxygen atoms in total. The Morgan fingerprint density at radius 3 is 2.52 bits per heavy atom. The molecule has 126 valence electrons. The number of benzene rings is 1. The minimum absolute atomic E-state index is 0.0186. The van der Waals surface area contributed by atoms with E-state index in [1.54, 1.807) is 45.2 Å². The summed E-state index contributed by atoms with van der Waals surface area (Å²) < 4.78 is 0. The first kappa shape index (κ1) is 18.9. The van der Waals surface area contributed by atoms with Crippen molar-refractivity contribution < 1.29 is 14.4 Å². The summed E-state index contributed by atoms with van der Waals surface area (Å²) in [7, 11) is 1.62. The van der Waals surface area contributed by atoms with Crippen molar-refractivity contribution in [1.82, 2.24) is 15.5 Å². The maximum Gasteiger partial charge on any atom is 0.321 e. The minimum atomic E-state index is -0.644. The van der Waals surface area contributed by atoms with E-state index in [9.17, 15) is 14.4 Å². The first-order valence-corrected chi connectivity index (χ1v) is 7.56. The Kier molecular flexibility index (Phi) is 7.50. The van der Waals surface area contributed by atoms with Gasteiger partial charge in [0.1, 0.15) is 0 Å². The van der Waals surface area contributed by atoms with Crippen molar-refractivity contribution >= 4 is 35.1 Å². The maximum atomic E-state index is 12.0. The molecule has 1 aromatic rings. The number of nitrogens with zero attached hydrogens (tertiary/aromatic N) is 1. The second kappa shape index (κ2) is 9.12. The van der Waals surface area contributed by atoms with E-state index in [2.05, 4.69) is 16.0 Å². The summed E-state index contributed by atoms with van der Waals surface area (Å²) in [5.41, 5.74) is 0.506. The van der Waals surface area contributed by atoms with E-state index < -0.39 is 18.0 Å². The predicted octanol–water partition coefficient (Wildman–Crippen LogP) is 1.44. The molecule has 0 aliphatic heterocycles. The van der Waals surface area contributed by atoms with Crippen molar-refractivity contribution in [3.63, 3.8) is 0 Å². The van der Waals surface area contributed by atoms with E-state index in [4.69, 9.17) is 11.6 Å². The first-order valence-electron chi connectivity index (χ1n) is 7.18. The largest absolute Gasteiger partial charge is 0.338 e. The molecule has 1 unspecified atom stereocenters. The third-order valence-electron chi connectivity index (χ3n) is 3.16. The van der Waals surface area contributed by atoms with Crippen LogP contribution in [0, 0.1) is 0 Å². The fourth-order valence-corrected chi connectivity index (χ4v) is 1.92. The quantitative estimate of drug-likeness (QED) is 0.731. The van der Waals surface area contributed by atoms with E-state index in [-0.39, 0.29) is 12.5 Å². The molecule has 0 aliphatic carbocycles. The normalized spacial score (nSPS) is 11.7. The number of urea groups is 1. The van der Waals surface area contributed by atoms with Crippen LogP contribution in [0.2, 0.25) is 5.02 Å². The van der Waals surface area contributed by atoms with Gasteiger partial charge in [-0.3, -0.25) is 19.8 Å². The van der Waals surface area contributed by atoms with Crippen LogP contribution in [0.4, 0.5) is 10.5 Å². The van der Waals surface area contributed by atoms with Gasteiger partial charge in [0.05, 0.1) is 23.3 Å². The second-order valence-corrected chi connectivity index (χ2v) is 5.38. The number of imide groups is 1. The summed E-state index contributed by atoms with van der Waals surface area (Å²) >= 11 is 5.97. The minimum Gasteiger partial charge on any atom is -0.338 e. The first-order chi connectivity index (χ1) is 10.8. The summed E-state index contributed by atoms with van der Waals surface area (Å²) in [6.07, 6.45) is 0. The summed E-state index contributed by atoms with van der Waals surface area (Å²) in [4.78, 5) is 36.8. The molecule has 0 saturated heterocycles. The number of hydrogen-bond acceptors (Lipinski definition) is 4. The molecule has 1 rings (SSSR count). The number of rotatable bonds is 6. The number of amides is 4. The summed E-state index contributed by atoms with van der Waals surface area (Å²) in [6.45, 7) is 3.76. The van der Waals surface area contributed by atoms with E-state index in [1.165, 1.54) is 4.90 Å². The van der Waals surface area contributed by atoms with Gasteiger partial charge in [-0.25, -0.2) is 4.79 Å². The number of likely N-dealkylation sites (N-methyl/N-ethyl adjacent to an activating group) is 1. The van der Waals surface area contributed by atoms with Crippen LogP contribution in [0.5, 0.6) is 0 Å². The number of hydrogen-bond donors (Lipinski definition) is 3. The molecular weight excluding hydrogens is 320 g/mol. The number of nitrogens with one attached hydrogen (secondary N) is 3. The van der Waals surface area contributed by atoms with Gasteiger partial charge in [0.15, 0.2) is 0 Å². The van der Waals surface area contributed by atoms with Crippen molar-refractivity contribution in [2.45, 2.75) is 19.9 Å². The van der Waals surface area contributed by atoms with Crippen LogP contribution in [0.25, 0.3) is 0 Å². The third-order valence-corrected chi connectivity index (χ3v) is 3.49. The Morgan fingerprint density at radius 2 is 1.91 bits per heavy atom. The number of carbonyl (C=O) groups is 3. The molecule has 0 aromatic heterocycles. The van der Waals surface area contributed by atoms with Crippen molar-refractivity contribution in [3.8, 4) is 0 Å². The highest BCUT2D eigenvalue weighted by Crippen LogP contribution is 2.20. The highest BCUT2D eigenvalue weighted by molar-refractivity contribution is 6.33. The molecule has 3 N–H and O–H groups in total.